The number of halogens is 1. The molecular weight excluding hydrogens is 386 g/mol. The molecule has 0 aromatic heterocycles. The highest BCUT2D eigenvalue weighted by atomic mass is 79.9. The summed E-state index contributed by atoms with van der Waals surface area (Å²) >= 11 is 3.38. The van der Waals surface area contributed by atoms with Gasteiger partial charge in [0.1, 0.15) is 12.6 Å². The molecule has 0 aliphatic carbocycles. The summed E-state index contributed by atoms with van der Waals surface area (Å²) in [5.41, 5.74) is 0.910. The molecule has 2 atom stereocenters. The minimum absolute atomic E-state index is 0.0151. The van der Waals surface area contributed by atoms with Crippen LogP contribution in [0.25, 0.3) is 0 Å². The zero-order valence-corrected chi connectivity index (χ0v) is 16.8. The first-order valence-corrected chi connectivity index (χ1v) is 9.87. The lowest BCUT2D eigenvalue weighted by Crippen LogP contribution is -2.50. The zero-order valence-electron chi connectivity index (χ0n) is 15.2. The Morgan fingerprint density at radius 3 is 2.40 bits per heavy atom. The van der Waals surface area contributed by atoms with Crippen molar-refractivity contribution >= 4 is 28.0 Å². The van der Waals surface area contributed by atoms with Crippen LogP contribution < -0.4 is 0 Å². The van der Waals surface area contributed by atoms with E-state index in [9.17, 15) is 9.59 Å². The fourth-order valence-electron chi connectivity index (χ4n) is 2.49. The van der Waals surface area contributed by atoms with Gasteiger partial charge >= 0.3 is 12.1 Å². The average Bonchev–Trinajstić information content (AvgIpc) is 2.63. The van der Waals surface area contributed by atoms with Crippen LogP contribution in [0.5, 0.6) is 0 Å². The number of alkyl halides is 1. The number of benzene rings is 1. The van der Waals surface area contributed by atoms with Crippen LogP contribution in [0.15, 0.2) is 30.3 Å². The van der Waals surface area contributed by atoms with Gasteiger partial charge in [0, 0.05) is 11.9 Å². The molecule has 0 heterocycles. The van der Waals surface area contributed by atoms with Crippen molar-refractivity contribution in [3.8, 4) is 0 Å². The van der Waals surface area contributed by atoms with Crippen molar-refractivity contribution in [1.29, 1.82) is 0 Å². The number of esters is 1. The lowest BCUT2D eigenvalue weighted by atomic mass is 9.97. The standard InChI is InChI=1S/C19H28BrNO4/c1-4-15(3)17(18(22)24-5-2)21(13-9-12-20)19(23)25-14-16-10-7-6-8-11-16/h6-8,10-11,15,17H,4-5,9,12-14H2,1-3H3/t15-,17-/m0/s1. The van der Waals surface area contributed by atoms with Crippen LogP contribution in [0.3, 0.4) is 0 Å². The van der Waals surface area contributed by atoms with Crippen molar-refractivity contribution in [3.63, 3.8) is 0 Å². The SMILES string of the molecule is CCOC(=O)[C@H]([C@@H](C)CC)N(CCCBr)C(=O)OCc1ccccc1. The summed E-state index contributed by atoms with van der Waals surface area (Å²) in [7, 11) is 0. The maximum atomic E-state index is 12.7. The molecular formula is C19H28BrNO4. The van der Waals surface area contributed by atoms with E-state index < -0.39 is 12.1 Å². The summed E-state index contributed by atoms with van der Waals surface area (Å²) in [4.78, 5) is 26.6. The monoisotopic (exact) mass is 413 g/mol. The summed E-state index contributed by atoms with van der Waals surface area (Å²) in [6, 6.07) is 8.86. The van der Waals surface area contributed by atoms with Gasteiger partial charge in [0.05, 0.1) is 6.61 Å². The Kier molecular flexibility index (Phi) is 10.2. The zero-order chi connectivity index (χ0) is 18.7. The van der Waals surface area contributed by atoms with Crippen LogP contribution in [-0.2, 0) is 20.9 Å². The summed E-state index contributed by atoms with van der Waals surface area (Å²) in [6.07, 6.45) is 1.01. The Balaban J connectivity index is 2.89. The van der Waals surface area contributed by atoms with E-state index in [2.05, 4.69) is 15.9 Å². The summed E-state index contributed by atoms with van der Waals surface area (Å²) in [6.45, 7) is 6.62. The van der Waals surface area contributed by atoms with Gasteiger partial charge in [-0.2, -0.15) is 0 Å². The molecule has 0 aliphatic heterocycles. The highest BCUT2D eigenvalue weighted by Crippen LogP contribution is 2.19. The predicted octanol–water partition coefficient (Wildman–Crippen LogP) is 4.39. The van der Waals surface area contributed by atoms with Crippen molar-refractivity contribution in [2.75, 3.05) is 18.5 Å². The second-order valence-electron chi connectivity index (χ2n) is 5.86. The Bertz CT molecular complexity index is 523. The Labute approximate surface area is 158 Å². The van der Waals surface area contributed by atoms with E-state index in [1.54, 1.807) is 6.92 Å². The number of hydrogen-bond donors (Lipinski definition) is 0. The fourth-order valence-corrected chi connectivity index (χ4v) is 2.74. The number of rotatable bonds is 10. The minimum Gasteiger partial charge on any atom is -0.464 e. The van der Waals surface area contributed by atoms with Crippen LogP contribution in [-0.4, -0.2) is 41.5 Å². The number of carbonyl (C=O) groups is 2. The van der Waals surface area contributed by atoms with Crippen LogP contribution in [0, 0.1) is 5.92 Å². The quantitative estimate of drug-likeness (QED) is 0.421. The first kappa shape index (κ1) is 21.5. The number of nitrogens with zero attached hydrogens (tertiary/aromatic N) is 1. The summed E-state index contributed by atoms with van der Waals surface area (Å²) < 4.78 is 10.7. The normalized spacial score (nSPS) is 13.0. The van der Waals surface area contributed by atoms with Crippen LogP contribution in [0.4, 0.5) is 4.79 Å². The molecule has 0 saturated carbocycles. The van der Waals surface area contributed by atoms with E-state index in [-0.39, 0.29) is 25.1 Å². The largest absolute Gasteiger partial charge is 0.464 e. The van der Waals surface area contributed by atoms with Gasteiger partial charge in [-0.15, -0.1) is 0 Å². The number of carbonyl (C=O) groups excluding carboxylic acids is 2. The molecule has 1 aromatic carbocycles. The first-order chi connectivity index (χ1) is 12.0. The van der Waals surface area contributed by atoms with E-state index in [4.69, 9.17) is 9.47 Å². The van der Waals surface area contributed by atoms with Gasteiger partial charge in [0.2, 0.25) is 0 Å². The predicted molar refractivity (Wildman–Crippen MR) is 102 cm³/mol. The molecule has 0 spiro atoms. The number of hydrogen-bond acceptors (Lipinski definition) is 4. The van der Waals surface area contributed by atoms with E-state index in [0.717, 1.165) is 23.7 Å². The van der Waals surface area contributed by atoms with Crippen molar-refractivity contribution in [2.45, 2.75) is 46.3 Å². The fraction of sp³-hybridized carbons (Fsp3) is 0.579. The molecule has 5 nitrogen and oxygen atoms in total. The van der Waals surface area contributed by atoms with Gasteiger partial charge in [0.15, 0.2) is 0 Å². The Morgan fingerprint density at radius 1 is 1.16 bits per heavy atom. The number of amides is 1. The average molecular weight is 414 g/mol. The van der Waals surface area contributed by atoms with Gasteiger partial charge < -0.3 is 9.47 Å². The molecule has 0 fully saturated rings. The van der Waals surface area contributed by atoms with Gasteiger partial charge in [-0.05, 0) is 24.8 Å². The first-order valence-electron chi connectivity index (χ1n) is 8.75. The van der Waals surface area contributed by atoms with E-state index in [0.29, 0.717) is 6.54 Å². The second kappa shape index (κ2) is 11.9. The van der Waals surface area contributed by atoms with Crippen LogP contribution in [0.2, 0.25) is 0 Å². The maximum Gasteiger partial charge on any atom is 0.410 e. The summed E-state index contributed by atoms with van der Waals surface area (Å²) in [5.74, 6) is -0.387. The molecule has 0 bridgehead atoms. The topological polar surface area (TPSA) is 55.8 Å². The Morgan fingerprint density at radius 2 is 1.84 bits per heavy atom. The molecule has 0 unspecified atom stereocenters. The van der Waals surface area contributed by atoms with E-state index >= 15 is 0 Å². The number of ether oxygens (including phenoxy) is 2. The maximum absolute atomic E-state index is 12.7. The highest BCUT2D eigenvalue weighted by molar-refractivity contribution is 9.09. The Hall–Kier alpha value is -1.56. The molecule has 6 heteroatoms. The van der Waals surface area contributed by atoms with Crippen LogP contribution in [0.1, 0.15) is 39.2 Å². The highest BCUT2D eigenvalue weighted by Gasteiger charge is 2.35. The lowest BCUT2D eigenvalue weighted by Gasteiger charge is -2.32. The van der Waals surface area contributed by atoms with Crippen molar-refractivity contribution in [1.82, 2.24) is 4.90 Å². The van der Waals surface area contributed by atoms with Crippen molar-refractivity contribution in [2.24, 2.45) is 5.92 Å². The third kappa shape index (κ3) is 7.06. The van der Waals surface area contributed by atoms with Gasteiger partial charge in [-0.25, -0.2) is 9.59 Å². The molecule has 1 rings (SSSR count). The minimum atomic E-state index is -0.632. The smallest absolute Gasteiger partial charge is 0.410 e. The van der Waals surface area contributed by atoms with Gasteiger partial charge in [-0.3, -0.25) is 4.90 Å². The molecule has 1 aromatic rings. The van der Waals surface area contributed by atoms with Crippen LogP contribution >= 0.6 is 15.9 Å². The molecule has 140 valence electrons. The second-order valence-corrected chi connectivity index (χ2v) is 6.65. The molecule has 25 heavy (non-hydrogen) atoms. The van der Waals surface area contributed by atoms with E-state index in [1.165, 1.54) is 4.90 Å². The third-order valence-electron chi connectivity index (χ3n) is 4.02. The molecule has 0 radical (unpaired) electrons. The molecule has 1 amide bonds. The van der Waals surface area contributed by atoms with Crippen molar-refractivity contribution in [3.05, 3.63) is 35.9 Å². The molecule has 0 N–H and O–H groups in total. The van der Waals surface area contributed by atoms with Gasteiger partial charge in [0.25, 0.3) is 0 Å². The van der Waals surface area contributed by atoms with Gasteiger partial charge in [-0.1, -0.05) is 66.5 Å². The molecule has 0 aliphatic rings. The van der Waals surface area contributed by atoms with Crippen molar-refractivity contribution < 1.29 is 19.1 Å². The molecule has 0 saturated heterocycles. The summed E-state index contributed by atoms with van der Waals surface area (Å²) in [5, 5.41) is 0.742. The van der Waals surface area contributed by atoms with E-state index in [1.807, 2.05) is 44.2 Å². The third-order valence-corrected chi connectivity index (χ3v) is 4.58. The lowest BCUT2D eigenvalue weighted by molar-refractivity contribution is -0.151.